The Morgan fingerprint density at radius 2 is 1.87 bits per heavy atom. The lowest BCUT2D eigenvalue weighted by atomic mass is 10.0. The van der Waals surface area contributed by atoms with Crippen LogP contribution in [0.3, 0.4) is 0 Å². The van der Waals surface area contributed by atoms with E-state index in [1.165, 1.54) is 23.4 Å². The zero-order valence-corrected chi connectivity index (χ0v) is 16.0. The van der Waals surface area contributed by atoms with E-state index in [0.29, 0.717) is 6.04 Å². The van der Waals surface area contributed by atoms with Crippen molar-refractivity contribution in [1.82, 2.24) is 20.4 Å². The number of aromatic nitrogens is 2. The second kappa shape index (κ2) is 9.58. The second-order valence-corrected chi connectivity index (χ2v) is 6.65. The Hall–Kier alpha value is -1.52. The molecule has 0 bridgehead atoms. The molecule has 5 heteroatoms. The summed E-state index contributed by atoms with van der Waals surface area (Å²) in [6.07, 6.45) is 4.35. The Morgan fingerprint density at radius 1 is 1.17 bits per heavy atom. The van der Waals surface area contributed by atoms with Crippen LogP contribution >= 0.6 is 0 Å². The maximum absolute atomic E-state index is 4.63. The minimum Gasteiger partial charge on any atom is -0.354 e. The summed E-state index contributed by atoms with van der Waals surface area (Å²) in [5.74, 6) is 1.61. The fourth-order valence-corrected chi connectivity index (χ4v) is 2.85. The van der Waals surface area contributed by atoms with Gasteiger partial charge in [0.1, 0.15) is 0 Å². The summed E-state index contributed by atoms with van der Waals surface area (Å²) in [5, 5.41) is 11.6. The zero-order chi connectivity index (χ0) is 17.4. The van der Waals surface area contributed by atoms with Gasteiger partial charge in [-0.25, -0.2) is 0 Å². The molecule has 0 spiro atoms. The van der Waals surface area contributed by atoms with E-state index in [9.17, 15) is 0 Å². The first-order chi connectivity index (χ1) is 10.9. The predicted molar refractivity (Wildman–Crippen MR) is 98.8 cm³/mol. The molecule has 1 rings (SSSR count). The van der Waals surface area contributed by atoms with Gasteiger partial charge in [-0.15, -0.1) is 0 Å². The first-order valence-electron chi connectivity index (χ1n) is 8.93. The van der Waals surface area contributed by atoms with Crippen molar-refractivity contribution in [1.29, 1.82) is 0 Å². The number of aliphatic imine (C=N–C) groups is 1. The van der Waals surface area contributed by atoms with E-state index in [0.717, 1.165) is 37.7 Å². The molecular weight excluding hydrogens is 286 g/mol. The van der Waals surface area contributed by atoms with Gasteiger partial charge in [0, 0.05) is 37.9 Å². The Labute approximate surface area is 142 Å². The van der Waals surface area contributed by atoms with Crippen LogP contribution in [0.1, 0.15) is 64.4 Å². The van der Waals surface area contributed by atoms with Crippen LogP contribution in [0.2, 0.25) is 0 Å². The molecule has 23 heavy (non-hydrogen) atoms. The van der Waals surface area contributed by atoms with E-state index < -0.39 is 0 Å². The molecule has 0 aromatic carbocycles. The first-order valence-corrected chi connectivity index (χ1v) is 8.93. The van der Waals surface area contributed by atoms with Gasteiger partial charge in [-0.3, -0.25) is 9.67 Å². The van der Waals surface area contributed by atoms with Crippen molar-refractivity contribution in [3.63, 3.8) is 0 Å². The van der Waals surface area contributed by atoms with E-state index in [-0.39, 0.29) is 0 Å². The maximum Gasteiger partial charge on any atom is 0.191 e. The standard InChI is InChI=1S/C18H35N5/c1-8-16-15(17(9-2)23(7)22-16)12-20-18(19-6)21-14(5)11-10-13(3)4/h13-14H,8-12H2,1-7H3,(H2,19,20,21). The average Bonchev–Trinajstić information content (AvgIpc) is 2.84. The Morgan fingerprint density at radius 3 is 2.39 bits per heavy atom. The molecule has 1 aromatic rings. The van der Waals surface area contributed by atoms with Gasteiger partial charge in [0.05, 0.1) is 5.69 Å². The molecule has 0 aliphatic rings. The van der Waals surface area contributed by atoms with Crippen molar-refractivity contribution in [2.24, 2.45) is 18.0 Å². The zero-order valence-electron chi connectivity index (χ0n) is 16.0. The number of nitrogens with zero attached hydrogens (tertiary/aromatic N) is 3. The SMILES string of the molecule is CCc1nn(C)c(CC)c1CNC(=NC)NC(C)CCC(C)C. The highest BCUT2D eigenvalue weighted by Gasteiger charge is 2.14. The van der Waals surface area contributed by atoms with Gasteiger partial charge in [-0.1, -0.05) is 27.7 Å². The van der Waals surface area contributed by atoms with Gasteiger partial charge in [-0.05, 0) is 38.5 Å². The maximum atomic E-state index is 4.63. The summed E-state index contributed by atoms with van der Waals surface area (Å²) in [7, 11) is 3.86. The van der Waals surface area contributed by atoms with Crippen LogP contribution in [0.5, 0.6) is 0 Å². The molecule has 1 atom stereocenters. The third-order valence-corrected chi connectivity index (χ3v) is 4.24. The minimum absolute atomic E-state index is 0.425. The Balaban J connectivity index is 2.65. The monoisotopic (exact) mass is 321 g/mol. The minimum atomic E-state index is 0.425. The number of aryl methyl sites for hydroxylation is 2. The molecule has 2 N–H and O–H groups in total. The molecule has 0 aliphatic heterocycles. The topological polar surface area (TPSA) is 54.2 Å². The van der Waals surface area contributed by atoms with E-state index >= 15 is 0 Å². The van der Waals surface area contributed by atoms with Gasteiger partial charge in [0.15, 0.2) is 5.96 Å². The van der Waals surface area contributed by atoms with Crippen LogP contribution in [-0.4, -0.2) is 28.8 Å². The van der Waals surface area contributed by atoms with Crippen molar-refractivity contribution < 1.29 is 0 Å². The van der Waals surface area contributed by atoms with Crippen LogP contribution in [0, 0.1) is 5.92 Å². The molecule has 0 aliphatic carbocycles. The highest BCUT2D eigenvalue weighted by molar-refractivity contribution is 5.79. The number of guanidine groups is 1. The van der Waals surface area contributed by atoms with Crippen molar-refractivity contribution >= 4 is 5.96 Å². The van der Waals surface area contributed by atoms with Crippen LogP contribution in [0.25, 0.3) is 0 Å². The van der Waals surface area contributed by atoms with Gasteiger partial charge in [0.2, 0.25) is 0 Å². The molecule has 0 amide bonds. The predicted octanol–water partition coefficient (Wildman–Crippen LogP) is 3.03. The van der Waals surface area contributed by atoms with Crippen molar-refractivity contribution in [3.05, 3.63) is 17.0 Å². The van der Waals surface area contributed by atoms with Crippen LogP contribution in [0.15, 0.2) is 4.99 Å². The molecule has 0 saturated carbocycles. The number of hydrogen-bond acceptors (Lipinski definition) is 2. The largest absolute Gasteiger partial charge is 0.354 e. The Bertz CT molecular complexity index is 502. The van der Waals surface area contributed by atoms with Crippen molar-refractivity contribution in [2.75, 3.05) is 7.05 Å². The van der Waals surface area contributed by atoms with Gasteiger partial charge in [-0.2, -0.15) is 5.10 Å². The van der Waals surface area contributed by atoms with E-state index in [2.05, 4.69) is 55.3 Å². The summed E-state index contributed by atoms with van der Waals surface area (Å²) < 4.78 is 2.01. The number of hydrogen-bond donors (Lipinski definition) is 2. The lowest BCUT2D eigenvalue weighted by Gasteiger charge is -2.19. The molecule has 132 valence electrons. The average molecular weight is 322 g/mol. The second-order valence-electron chi connectivity index (χ2n) is 6.65. The molecular formula is C18H35N5. The van der Waals surface area contributed by atoms with Gasteiger partial charge < -0.3 is 10.6 Å². The highest BCUT2D eigenvalue weighted by Crippen LogP contribution is 2.15. The van der Waals surface area contributed by atoms with Gasteiger partial charge in [0.25, 0.3) is 0 Å². The highest BCUT2D eigenvalue weighted by atomic mass is 15.3. The summed E-state index contributed by atoms with van der Waals surface area (Å²) in [4.78, 5) is 4.36. The summed E-state index contributed by atoms with van der Waals surface area (Å²) in [5.41, 5.74) is 3.80. The molecule has 1 unspecified atom stereocenters. The van der Waals surface area contributed by atoms with Crippen LogP contribution < -0.4 is 10.6 Å². The molecule has 1 heterocycles. The van der Waals surface area contributed by atoms with E-state index in [4.69, 9.17) is 0 Å². The molecule has 1 aromatic heterocycles. The summed E-state index contributed by atoms with van der Waals surface area (Å²) >= 11 is 0. The molecule has 5 nitrogen and oxygen atoms in total. The van der Waals surface area contributed by atoms with Crippen LogP contribution in [0.4, 0.5) is 0 Å². The summed E-state index contributed by atoms with van der Waals surface area (Å²) in [6, 6.07) is 0.425. The fourth-order valence-electron chi connectivity index (χ4n) is 2.85. The smallest absolute Gasteiger partial charge is 0.191 e. The van der Waals surface area contributed by atoms with E-state index in [1.807, 2.05) is 18.8 Å². The fraction of sp³-hybridized carbons (Fsp3) is 0.778. The molecule has 0 saturated heterocycles. The third kappa shape index (κ3) is 5.88. The van der Waals surface area contributed by atoms with E-state index in [1.54, 1.807) is 0 Å². The quantitative estimate of drug-likeness (QED) is 0.571. The number of nitrogens with one attached hydrogen (secondary N) is 2. The van der Waals surface area contributed by atoms with Crippen molar-refractivity contribution in [2.45, 2.75) is 72.9 Å². The Kier molecular flexibility index (Phi) is 8.13. The van der Waals surface area contributed by atoms with Crippen molar-refractivity contribution in [3.8, 4) is 0 Å². The lowest BCUT2D eigenvalue weighted by molar-refractivity contribution is 0.489. The van der Waals surface area contributed by atoms with Crippen LogP contribution in [-0.2, 0) is 26.4 Å². The molecule has 0 radical (unpaired) electrons. The number of rotatable bonds is 8. The summed E-state index contributed by atoms with van der Waals surface area (Å²) in [6.45, 7) is 11.9. The first kappa shape index (κ1) is 19.5. The molecule has 0 fully saturated rings. The third-order valence-electron chi connectivity index (χ3n) is 4.24. The lowest BCUT2D eigenvalue weighted by Crippen LogP contribution is -2.42. The van der Waals surface area contributed by atoms with Gasteiger partial charge >= 0.3 is 0 Å². The normalized spacial score (nSPS) is 13.5.